The molecule has 3 heterocycles. The van der Waals surface area contributed by atoms with Crippen LogP contribution in [0.2, 0.25) is 0 Å². The number of fused-ring (bicyclic) bond motifs is 1. The molecular formula is C28H28FN3O5. The minimum absolute atomic E-state index is 0.206. The molecule has 3 aromatic rings. The number of ketones is 1. The van der Waals surface area contributed by atoms with Crippen molar-refractivity contribution in [2.45, 2.75) is 25.0 Å². The van der Waals surface area contributed by atoms with Crippen molar-refractivity contribution in [2.24, 2.45) is 0 Å². The predicted molar refractivity (Wildman–Crippen MR) is 134 cm³/mol. The Morgan fingerprint density at radius 1 is 1.00 bits per heavy atom. The molecule has 2 atom stereocenters. The summed E-state index contributed by atoms with van der Waals surface area (Å²) < 4.78 is 24.4. The van der Waals surface area contributed by atoms with Gasteiger partial charge in [-0.25, -0.2) is 4.39 Å². The molecule has 0 unspecified atom stereocenters. The molecule has 1 aromatic heterocycles. The van der Waals surface area contributed by atoms with Gasteiger partial charge in [0.25, 0.3) is 5.91 Å². The third kappa shape index (κ3) is 5.79. The van der Waals surface area contributed by atoms with Crippen molar-refractivity contribution in [3.8, 4) is 22.8 Å². The summed E-state index contributed by atoms with van der Waals surface area (Å²) in [4.78, 5) is 32.2. The van der Waals surface area contributed by atoms with E-state index in [9.17, 15) is 19.1 Å². The molecule has 0 aliphatic carbocycles. The van der Waals surface area contributed by atoms with Gasteiger partial charge in [-0.05, 0) is 55.8 Å². The number of halogens is 1. The molecule has 9 heteroatoms. The summed E-state index contributed by atoms with van der Waals surface area (Å²) in [7, 11) is 0. The Balaban J connectivity index is 1.31. The highest BCUT2D eigenvalue weighted by Gasteiger charge is 2.30. The lowest BCUT2D eigenvalue weighted by Crippen LogP contribution is -2.48. The van der Waals surface area contributed by atoms with Crippen LogP contribution in [0.1, 0.15) is 34.9 Å². The number of likely N-dealkylation sites (tertiary alicyclic amines) is 1. The Bertz CT molecular complexity index is 1260. The Kier molecular flexibility index (Phi) is 7.43. The van der Waals surface area contributed by atoms with E-state index in [2.05, 4.69) is 15.2 Å². The molecule has 0 radical (unpaired) electrons. The Morgan fingerprint density at radius 3 is 2.43 bits per heavy atom. The molecule has 0 spiro atoms. The second-order valence-electron chi connectivity index (χ2n) is 9.20. The van der Waals surface area contributed by atoms with Crippen molar-refractivity contribution in [1.29, 1.82) is 0 Å². The molecule has 1 amide bonds. The van der Waals surface area contributed by atoms with Crippen molar-refractivity contribution in [1.82, 2.24) is 15.2 Å². The second-order valence-corrected chi connectivity index (χ2v) is 9.20. The Hall–Kier alpha value is -3.82. The fourth-order valence-corrected chi connectivity index (χ4v) is 4.65. The number of aliphatic hydroxyl groups is 1. The van der Waals surface area contributed by atoms with Gasteiger partial charge in [0.05, 0.1) is 17.9 Å². The van der Waals surface area contributed by atoms with Crippen molar-refractivity contribution >= 4 is 11.7 Å². The van der Waals surface area contributed by atoms with E-state index in [-0.39, 0.29) is 5.56 Å². The molecule has 37 heavy (non-hydrogen) atoms. The molecule has 8 nitrogen and oxygen atoms in total. The number of nitrogens with one attached hydrogen (secondary N) is 1. The van der Waals surface area contributed by atoms with Gasteiger partial charge in [0.15, 0.2) is 11.5 Å². The van der Waals surface area contributed by atoms with E-state index in [1.807, 2.05) is 0 Å². The number of aromatic nitrogens is 1. The minimum Gasteiger partial charge on any atom is -0.486 e. The van der Waals surface area contributed by atoms with Crippen LogP contribution in [0, 0.1) is 5.82 Å². The van der Waals surface area contributed by atoms with Crippen LogP contribution in [0.15, 0.2) is 60.8 Å². The summed E-state index contributed by atoms with van der Waals surface area (Å²) in [6.07, 6.45) is 2.17. The lowest BCUT2D eigenvalue weighted by atomic mass is 10.00. The number of benzene rings is 2. The molecule has 2 aliphatic rings. The van der Waals surface area contributed by atoms with Gasteiger partial charge in [-0.15, -0.1) is 0 Å². The number of amides is 1. The molecule has 2 aromatic carbocycles. The van der Waals surface area contributed by atoms with E-state index in [1.165, 1.54) is 18.2 Å². The monoisotopic (exact) mass is 505 g/mol. The number of ether oxygens (including phenoxy) is 2. The van der Waals surface area contributed by atoms with Gasteiger partial charge in [0.1, 0.15) is 25.1 Å². The van der Waals surface area contributed by atoms with Crippen LogP contribution in [0.5, 0.6) is 11.5 Å². The summed E-state index contributed by atoms with van der Waals surface area (Å²) in [5.41, 5.74) is 2.02. The third-order valence-corrected chi connectivity index (χ3v) is 6.64. The number of rotatable bonds is 8. The first-order chi connectivity index (χ1) is 18.0. The van der Waals surface area contributed by atoms with Crippen molar-refractivity contribution < 1.29 is 28.6 Å². The van der Waals surface area contributed by atoms with E-state index >= 15 is 0 Å². The zero-order valence-corrected chi connectivity index (χ0v) is 20.2. The molecule has 0 saturated carbocycles. The van der Waals surface area contributed by atoms with Crippen LogP contribution in [-0.2, 0) is 4.79 Å². The predicted octanol–water partition coefficient (Wildman–Crippen LogP) is 3.16. The van der Waals surface area contributed by atoms with Gasteiger partial charge in [-0.3, -0.25) is 14.6 Å². The van der Waals surface area contributed by atoms with E-state index < -0.39 is 29.7 Å². The van der Waals surface area contributed by atoms with E-state index in [1.54, 1.807) is 36.4 Å². The Morgan fingerprint density at radius 2 is 1.73 bits per heavy atom. The van der Waals surface area contributed by atoms with Gasteiger partial charge in [0, 0.05) is 17.7 Å². The summed E-state index contributed by atoms with van der Waals surface area (Å²) in [6.45, 7) is 3.03. The van der Waals surface area contributed by atoms with Crippen molar-refractivity contribution in [3.63, 3.8) is 0 Å². The lowest BCUT2D eigenvalue weighted by Gasteiger charge is -2.29. The average Bonchev–Trinajstić information content (AvgIpc) is 3.45. The fourth-order valence-electron chi connectivity index (χ4n) is 4.65. The van der Waals surface area contributed by atoms with Crippen molar-refractivity contribution in [3.05, 3.63) is 77.7 Å². The summed E-state index contributed by atoms with van der Waals surface area (Å²) in [6, 6.07) is 13.7. The smallest absolute Gasteiger partial charge is 0.292 e. The largest absolute Gasteiger partial charge is 0.486 e. The van der Waals surface area contributed by atoms with Crippen LogP contribution >= 0.6 is 0 Å². The zero-order chi connectivity index (χ0) is 25.8. The Labute approximate surface area is 214 Å². The molecule has 5 rings (SSSR count). The number of carbonyl (C=O) groups is 2. The molecule has 192 valence electrons. The van der Waals surface area contributed by atoms with Gasteiger partial charge < -0.3 is 24.8 Å². The topological polar surface area (TPSA) is 101 Å². The number of pyridine rings is 1. The van der Waals surface area contributed by atoms with Gasteiger partial charge in [-0.2, -0.15) is 0 Å². The van der Waals surface area contributed by atoms with Crippen LogP contribution in [-0.4, -0.2) is 65.6 Å². The molecule has 2 N–H and O–H groups in total. The first-order valence-electron chi connectivity index (χ1n) is 12.3. The lowest BCUT2D eigenvalue weighted by molar-refractivity contribution is -0.118. The summed E-state index contributed by atoms with van der Waals surface area (Å²) >= 11 is 0. The SMILES string of the molecule is O=C(N[C@H](CN1CCCC1)[C@H](O)c1ccc2c(c1)OCCO2)C(=O)c1ccc(-c2ccc(F)cn2)cc1. The number of carbonyl (C=O) groups excluding carboxylic acids is 2. The normalized spacial score (nSPS) is 16.7. The number of hydrogen-bond donors (Lipinski definition) is 2. The standard InChI is InChI=1S/C28H28FN3O5/c29-21-8-9-22(30-16-21)18-3-5-19(6-4-18)27(34)28(35)31-23(17-32-11-1-2-12-32)26(33)20-7-10-24-25(15-20)37-14-13-36-24/h3-10,15-16,23,26,33H,1-2,11-14,17H2,(H,31,35)/t23-,26-/m1/s1. The molecule has 1 saturated heterocycles. The average molecular weight is 506 g/mol. The zero-order valence-electron chi connectivity index (χ0n) is 20.2. The maximum absolute atomic E-state index is 13.1. The maximum atomic E-state index is 13.1. The van der Waals surface area contributed by atoms with E-state index in [0.29, 0.717) is 48.1 Å². The number of aliphatic hydroxyl groups excluding tert-OH is 1. The molecule has 0 bridgehead atoms. The highest BCUT2D eigenvalue weighted by molar-refractivity contribution is 6.42. The first kappa shape index (κ1) is 24.9. The minimum atomic E-state index is -1.06. The number of Topliss-reactive ketones (excluding diaryl/α,β-unsaturated/α-hetero) is 1. The molecule has 1 fully saturated rings. The second kappa shape index (κ2) is 11.1. The van der Waals surface area contributed by atoms with E-state index in [0.717, 1.165) is 32.1 Å². The highest BCUT2D eigenvalue weighted by atomic mass is 19.1. The summed E-state index contributed by atoms with van der Waals surface area (Å²) in [5, 5.41) is 14.0. The maximum Gasteiger partial charge on any atom is 0.292 e. The fraction of sp³-hybridized carbons (Fsp3) is 0.321. The summed E-state index contributed by atoms with van der Waals surface area (Å²) in [5.74, 6) is -0.792. The van der Waals surface area contributed by atoms with Crippen LogP contribution in [0.4, 0.5) is 4.39 Å². The van der Waals surface area contributed by atoms with Crippen molar-refractivity contribution in [2.75, 3.05) is 32.8 Å². The van der Waals surface area contributed by atoms with Crippen LogP contribution in [0.3, 0.4) is 0 Å². The van der Waals surface area contributed by atoms with Gasteiger partial charge >= 0.3 is 0 Å². The van der Waals surface area contributed by atoms with Gasteiger partial charge in [0.2, 0.25) is 5.78 Å². The van der Waals surface area contributed by atoms with Crippen LogP contribution in [0.25, 0.3) is 11.3 Å². The number of hydrogen-bond acceptors (Lipinski definition) is 7. The van der Waals surface area contributed by atoms with E-state index in [4.69, 9.17) is 9.47 Å². The van der Waals surface area contributed by atoms with Gasteiger partial charge in [-0.1, -0.05) is 30.3 Å². The molecular weight excluding hydrogens is 477 g/mol. The first-order valence-corrected chi connectivity index (χ1v) is 12.3. The highest BCUT2D eigenvalue weighted by Crippen LogP contribution is 2.33. The third-order valence-electron chi connectivity index (χ3n) is 6.64. The number of nitrogens with zero attached hydrogens (tertiary/aromatic N) is 2. The van der Waals surface area contributed by atoms with Crippen LogP contribution < -0.4 is 14.8 Å². The quantitative estimate of drug-likeness (QED) is 0.358. The molecule has 2 aliphatic heterocycles.